The van der Waals surface area contributed by atoms with Gasteiger partial charge in [-0.3, -0.25) is 9.69 Å². The molecule has 3 rings (SSSR count). The normalized spacial score (nSPS) is 14.8. The van der Waals surface area contributed by atoms with Gasteiger partial charge in [0.25, 0.3) is 5.91 Å². The zero-order valence-electron chi connectivity index (χ0n) is 15.9. The van der Waals surface area contributed by atoms with E-state index >= 15 is 0 Å². The van der Waals surface area contributed by atoms with Crippen LogP contribution in [0, 0.1) is 0 Å². The summed E-state index contributed by atoms with van der Waals surface area (Å²) in [5, 5.41) is 3.72. The number of hydrogen-bond donors (Lipinski definition) is 1. The first kappa shape index (κ1) is 22.3. The Kier molecular flexibility index (Phi) is 8.90. The summed E-state index contributed by atoms with van der Waals surface area (Å²) < 4.78 is 10.7. The fourth-order valence-corrected chi connectivity index (χ4v) is 3.58. The molecule has 1 aliphatic rings. The highest BCUT2D eigenvalue weighted by Gasteiger charge is 2.25. The second kappa shape index (κ2) is 11.1. The first-order valence-electron chi connectivity index (χ1n) is 9.19. The molecule has 2 aromatic rings. The molecule has 1 amide bonds. The van der Waals surface area contributed by atoms with Crippen molar-refractivity contribution in [3.05, 3.63) is 59.1 Å². The molecule has 1 atom stereocenters. The van der Waals surface area contributed by atoms with Crippen molar-refractivity contribution >= 4 is 29.9 Å². The van der Waals surface area contributed by atoms with E-state index < -0.39 is 0 Å². The van der Waals surface area contributed by atoms with Gasteiger partial charge in [-0.1, -0.05) is 29.8 Å². The van der Waals surface area contributed by atoms with E-state index in [2.05, 4.69) is 10.2 Å². The summed E-state index contributed by atoms with van der Waals surface area (Å²) in [4.78, 5) is 14.6. The number of carbonyl (C=O) groups excluding carboxylic acids is 1. The molecule has 0 saturated carbocycles. The lowest BCUT2D eigenvalue weighted by Crippen LogP contribution is -2.38. The Labute approximate surface area is 177 Å². The summed E-state index contributed by atoms with van der Waals surface area (Å²) in [5.74, 6) is 1.23. The van der Waals surface area contributed by atoms with Gasteiger partial charge < -0.3 is 14.8 Å². The van der Waals surface area contributed by atoms with Crippen LogP contribution in [0.15, 0.2) is 48.5 Å². The third kappa shape index (κ3) is 6.03. The Hall–Kier alpha value is -1.95. The highest BCUT2D eigenvalue weighted by molar-refractivity contribution is 6.31. The van der Waals surface area contributed by atoms with Gasteiger partial charge in [-0.15, -0.1) is 12.4 Å². The standard InChI is InChI=1S/C21H25ClN2O3.ClH/c1-26-16-8-10-17(11-9-16)27-15-21(25)23-14-20(24-12-4-5-13-24)18-6-2-3-7-19(18)22;/h2-3,6-11,20H,4-5,12-15H2,1H3,(H,23,25);1H. The second-order valence-corrected chi connectivity index (χ2v) is 6.96. The average Bonchev–Trinajstić information content (AvgIpc) is 3.23. The van der Waals surface area contributed by atoms with E-state index in [4.69, 9.17) is 21.1 Å². The molecule has 1 fully saturated rings. The number of likely N-dealkylation sites (tertiary alicyclic amines) is 1. The quantitative estimate of drug-likeness (QED) is 0.692. The van der Waals surface area contributed by atoms with E-state index in [0.717, 1.165) is 29.4 Å². The average molecular weight is 425 g/mol. The number of hydrogen-bond acceptors (Lipinski definition) is 4. The Morgan fingerprint density at radius 3 is 2.39 bits per heavy atom. The van der Waals surface area contributed by atoms with Crippen molar-refractivity contribution in [2.45, 2.75) is 18.9 Å². The molecule has 1 N–H and O–H groups in total. The molecule has 1 aliphatic heterocycles. The topological polar surface area (TPSA) is 50.8 Å². The van der Waals surface area contributed by atoms with Crippen LogP contribution >= 0.6 is 24.0 Å². The molecule has 0 aromatic heterocycles. The summed E-state index contributed by atoms with van der Waals surface area (Å²) in [6, 6.07) is 15.1. The van der Waals surface area contributed by atoms with Crippen LogP contribution in [0.2, 0.25) is 5.02 Å². The van der Waals surface area contributed by atoms with Crippen LogP contribution in [0.1, 0.15) is 24.4 Å². The first-order chi connectivity index (χ1) is 13.2. The highest BCUT2D eigenvalue weighted by atomic mass is 35.5. The van der Waals surface area contributed by atoms with Crippen LogP contribution < -0.4 is 14.8 Å². The molecule has 5 nitrogen and oxygen atoms in total. The lowest BCUT2D eigenvalue weighted by Gasteiger charge is -2.29. The maximum atomic E-state index is 12.3. The summed E-state index contributed by atoms with van der Waals surface area (Å²) >= 11 is 6.40. The van der Waals surface area contributed by atoms with E-state index in [1.165, 1.54) is 12.8 Å². The number of ether oxygens (including phenoxy) is 2. The summed E-state index contributed by atoms with van der Waals surface area (Å²) in [7, 11) is 1.61. The van der Waals surface area contributed by atoms with Gasteiger partial charge in [-0.05, 0) is 61.8 Å². The van der Waals surface area contributed by atoms with Crippen molar-refractivity contribution in [3.8, 4) is 11.5 Å². The van der Waals surface area contributed by atoms with E-state index in [0.29, 0.717) is 12.3 Å². The zero-order chi connectivity index (χ0) is 19.1. The van der Waals surface area contributed by atoms with Gasteiger partial charge in [0, 0.05) is 11.6 Å². The number of nitrogens with one attached hydrogen (secondary N) is 1. The van der Waals surface area contributed by atoms with E-state index in [1.807, 2.05) is 24.3 Å². The first-order valence-corrected chi connectivity index (χ1v) is 9.57. The predicted molar refractivity (Wildman–Crippen MR) is 114 cm³/mol. The molecule has 0 radical (unpaired) electrons. The molecule has 1 saturated heterocycles. The van der Waals surface area contributed by atoms with Gasteiger partial charge in [0.05, 0.1) is 13.2 Å². The molecule has 1 heterocycles. The number of rotatable bonds is 8. The van der Waals surface area contributed by atoms with Crippen molar-refractivity contribution in [2.24, 2.45) is 0 Å². The van der Waals surface area contributed by atoms with Gasteiger partial charge in [0.15, 0.2) is 6.61 Å². The van der Waals surface area contributed by atoms with E-state index in [-0.39, 0.29) is 31.0 Å². The molecule has 1 unspecified atom stereocenters. The SMILES string of the molecule is COc1ccc(OCC(=O)NCC(c2ccccc2Cl)N2CCCC2)cc1.Cl. The maximum absolute atomic E-state index is 12.3. The maximum Gasteiger partial charge on any atom is 0.258 e. The van der Waals surface area contributed by atoms with Crippen LogP contribution in [0.5, 0.6) is 11.5 Å². The van der Waals surface area contributed by atoms with Crippen molar-refractivity contribution in [1.29, 1.82) is 0 Å². The molecular weight excluding hydrogens is 399 g/mol. The number of halogens is 2. The lowest BCUT2D eigenvalue weighted by molar-refractivity contribution is -0.123. The molecule has 28 heavy (non-hydrogen) atoms. The van der Waals surface area contributed by atoms with Crippen LogP contribution in [0.25, 0.3) is 0 Å². The summed E-state index contributed by atoms with van der Waals surface area (Å²) in [6.07, 6.45) is 2.35. The Morgan fingerprint density at radius 1 is 1.11 bits per heavy atom. The van der Waals surface area contributed by atoms with Crippen LogP contribution in [-0.2, 0) is 4.79 Å². The minimum absolute atomic E-state index is 0. The monoisotopic (exact) mass is 424 g/mol. The number of amides is 1. The fraction of sp³-hybridized carbons (Fsp3) is 0.381. The van der Waals surface area contributed by atoms with Gasteiger partial charge in [-0.2, -0.15) is 0 Å². The molecule has 2 aromatic carbocycles. The smallest absolute Gasteiger partial charge is 0.258 e. The number of nitrogens with zero attached hydrogens (tertiary/aromatic N) is 1. The largest absolute Gasteiger partial charge is 0.497 e. The van der Waals surface area contributed by atoms with E-state index in [1.54, 1.807) is 31.4 Å². The third-order valence-corrected chi connectivity index (χ3v) is 5.11. The number of carbonyl (C=O) groups is 1. The van der Waals surface area contributed by atoms with Crippen LogP contribution in [0.3, 0.4) is 0 Å². The van der Waals surface area contributed by atoms with Crippen molar-refractivity contribution < 1.29 is 14.3 Å². The number of benzene rings is 2. The highest BCUT2D eigenvalue weighted by Crippen LogP contribution is 2.29. The van der Waals surface area contributed by atoms with Crippen LogP contribution in [-0.4, -0.2) is 44.2 Å². The van der Waals surface area contributed by atoms with Gasteiger partial charge >= 0.3 is 0 Å². The summed E-state index contributed by atoms with van der Waals surface area (Å²) in [5.41, 5.74) is 1.05. The molecule has 152 valence electrons. The fourth-order valence-electron chi connectivity index (χ4n) is 3.32. The minimum atomic E-state index is -0.151. The van der Waals surface area contributed by atoms with Gasteiger partial charge in [0.2, 0.25) is 0 Å². The van der Waals surface area contributed by atoms with Gasteiger partial charge in [0.1, 0.15) is 11.5 Å². The molecule has 7 heteroatoms. The second-order valence-electron chi connectivity index (χ2n) is 6.55. The Bertz CT molecular complexity index is 750. The zero-order valence-corrected chi connectivity index (χ0v) is 17.5. The third-order valence-electron chi connectivity index (χ3n) is 4.77. The predicted octanol–water partition coefficient (Wildman–Crippen LogP) is 4.10. The van der Waals surface area contributed by atoms with Crippen LogP contribution in [0.4, 0.5) is 0 Å². The summed E-state index contributed by atoms with van der Waals surface area (Å²) in [6.45, 7) is 2.53. The number of methoxy groups -OCH3 is 1. The molecule has 0 aliphatic carbocycles. The van der Waals surface area contributed by atoms with Crippen molar-refractivity contribution in [2.75, 3.05) is 33.4 Å². The van der Waals surface area contributed by atoms with Crippen molar-refractivity contribution in [1.82, 2.24) is 10.2 Å². The Morgan fingerprint density at radius 2 is 1.75 bits per heavy atom. The minimum Gasteiger partial charge on any atom is -0.497 e. The van der Waals surface area contributed by atoms with Crippen molar-refractivity contribution in [3.63, 3.8) is 0 Å². The molecule has 0 spiro atoms. The molecular formula is C21H26Cl2N2O3. The Balaban J connectivity index is 0.00000280. The van der Waals surface area contributed by atoms with Gasteiger partial charge in [-0.25, -0.2) is 0 Å². The van der Waals surface area contributed by atoms with E-state index in [9.17, 15) is 4.79 Å². The lowest BCUT2D eigenvalue weighted by atomic mass is 10.1. The molecule has 0 bridgehead atoms.